The Morgan fingerprint density at radius 1 is 0.911 bits per heavy atom. The van der Waals surface area contributed by atoms with Crippen molar-refractivity contribution < 1.29 is 32.9 Å². The molecule has 0 radical (unpaired) electrons. The topological polar surface area (TPSA) is 93.9 Å². The normalized spacial score (nSPS) is 12.8. The van der Waals surface area contributed by atoms with Crippen molar-refractivity contribution >= 4 is 17.0 Å². The third-order valence-corrected chi connectivity index (χ3v) is 7.04. The van der Waals surface area contributed by atoms with E-state index in [1.165, 1.54) is 6.07 Å². The first kappa shape index (κ1) is 31.8. The van der Waals surface area contributed by atoms with Crippen LogP contribution in [-0.4, -0.2) is 67.3 Å². The largest absolute Gasteiger partial charge is 0.473 e. The lowest BCUT2D eigenvalue weighted by Crippen LogP contribution is -2.16. The van der Waals surface area contributed by atoms with Gasteiger partial charge in [-0.1, -0.05) is 48.5 Å². The van der Waals surface area contributed by atoms with Gasteiger partial charge in [-0.2, -0.15) is 0 Å². The van der Waals surface area contributed by atoms with Crippen LogP contribution in [0.2, 0.25) is 0 Å². The smallest absolute Gasteiger partial charge is 0.338 e. The second-order valence-corrected chi connectivity index (χ2v) is 10.2. The van der Waals surface area contributed by atoms with Gasteiger partial charge in [-0.05, 0) is 41.5 Å². The number of pyridine rings is 1. The van der Waals surface area contributed by atoms with Crippen molar-refractivity contribution in [2.24, 2.45) is 0 Å². The summed E-state index contributed by atoms with van der Waals surface area (Å²) in [5.74, 6) is -0.387. The summed E-state index contributed by atoms with van der Waals surface area (Å²) in [6.45, 7) is 4.72. The van der Waals surface area contributed by atoms with Crippen LogP contribution in [0.4, 0.5) is 4.39 Å². The van der Waals surface area contributed by atoms with E-state index in [9.17, 15) is 9.18 Å². The standard InChI is InChI=1S/C31H28FN3O4.C4H8O2/c1-37-17-15-35-21-33-28-13-12-25(19-29(28)35)31(36)38-16-14-23-10-11-24(18-26(23)32)27-8-5-9-30(34-27)39-20-22-6-3-2-4-7-22;1-2-6-4-3-5-1/h2-13,18-19,21H,14-17,20H2,1H3;1-4H2. The van der Waals surface area contributed by atoms with E-state index in [0.29, 0.717) is 48.0 Å². The minimum atomic E-state index is -0.468. The summed E-state index contributed by atoms with van der Waals surface area (Å²) in [4.78, 5) is 21.5. The lowest BCUT2D eigenvalue weighted by atomic mass is 10.1. The molecule has 9 nitrogen and oxygen atoms in total. The second-order valence-electron chi connectivity index (χ2n) is 10.2. The van der Waals surface area contributed by atoms with E-state index in [4.69, 9.17) is 23.7 Å². The highest BCUT2D eigenvalue weighted by molar-refractivity contribution is 5.93. The fourth-order valence-electron chi connectivity index (χ4n) is 4.63. The van der Waals surface area contributed by atoms with Gasteiger partial charge in [0.15, 0.2) is 0 Å². The SMILES string of the molecule is C1COCCO1.COCCn1cnc2ccc(C(=O)OCCc3ccc(-c4cccc(OCc5ccccc5)n4)cc3F)cc21. The number of carbonyl (C=O) groups excluding carboxylic acids is 1. The Morgan fingerprint density at radius 3 is 2.44 bits per heavy atom. The Hall–Kier alpha value is -4.64. The lowest BCUT2D eigenvalue weighted by Gasteiger charge is -2.10. The van der Waals surface area contributed by atoms with Crippen LogP contribution in [0.25, 0.3) is 22.3 Å². The average Bonchev–Trinajstić information content (AvgIpc) is 3.51. The summed E-state index contributed by atoms with van der Waals surface area (Å²) < 4.78 is 43.1. The zero-order valence-corrected chi connectivity index (χ0v) is 25.2. The summed E-state index contributed by atoms with van der Waals surface area (Å²) in [5, 5.41) is 0. The summed E-state index contributed by atoms with van der Waals surface area (Å²) in [7, 11) is 1.63. The van der Waals surface area contributed by atoms with Gasteiger partial charge in [0.1, 0.15) is 12.4 Å². The third-order valence-electron chi connectivity index (χ3n) is 7.04. The van der Waals surface area contributed by atoms with Crippen LogP contribution >= 0.6 is 0 Å². The molecule has 0 unspecified atom stereocenters. The van der Waals surface area contributed by atoms with Gasteiger partial charge in [0, 0.05) is 31.7 Å². The second kappa shape index (κ2) is 16.4. The molecule has 5 aromatic rings. The van der Waals surface area contributed by atoms with Crippen molar-refractivity contribution in [2.45, 2.75) is 19.6 Å². The maximum Gasteiger partial charge on any atom is 0.338 e. The molecule has 0 N–H and O–H groups in total. The molecule has 0 atom stereocenters. The molecule has 1 aliphatic rings. The monoisotopic (exact) mass is 613 g/mol. The third kappa shape index (κ3) is 9.18. The molecule has 2 aromatic heterocycles. The van der Waals surface area contributed by atoms with Gasteiger partial charge in [-0.3, -0.25) is 0 Å². The first-order valence-electron chi connectivity index (χ1n) is 14.8. The molecule has 45 heavy (non-hydrogen) atoms. The lowest BCUT2D eigenvalue weighted by molar-refractivity contribution is -0.0334. The number of benzene rings is 3. The summed E-state index contributed by atoms with van der Waals surface area (Å²) >= 11 is 0. The fraction of sp³-hybridized carbons (Fsp3) is 0.286. The van der Waals surface area contributed by atoms with Crippen LogP contribution in [-0.2, 0) is 38.5 Å². The van der Waals surface area contributed by atoms with Gasteiger partial charge in [0.25, 0.3) is 0 Å². The maximum absolute atomic E-state index is 14.9. The molecule has 0 amide bonds. The van der Waals surface area contributed by atoms with E-state index in [-0.39, 0.29) is 18.8 Å². The predicted molar refractivity (Wildman–Crippen MR) is 168 cm³/mol. The highest BCUT2D eigenvalue weighted by Crippen LogP contribution is 2.23. The van der Waals surface area contributed by atoms with Gasteiger partial charge in [0.2, 0.25) is 5.88 Å². The quantitative estimate of drug-likeness (QED) is 0.170. The first-order valence-corrected chi connectivity index (χ1v) is 14.8. The number of carbonyl (C=O) groups is 1. The van der Waals surface area contributed by atoms with Gasteiger partial charge < -0.3 is 28.3 Å². The molecule has 0 bridgehead atoms. The van der Waals surface area contributed by atoms with Crippen molar-refractivity contribution in [1.82, 2.24) is 14.5 Å². The molecule has 3 aromatic carbocycles. The Morgan fingerprint density at radius 2 is 1.71 bits per heavy atom. The van der Waals surface area contributed by atoms with Crippen LogP contribution in [0.15, 0.2) is 91.3 Å². The van der Waals surface area contributed by atoms with Crippen LogP contribution in [0, 0.1) is 5.82 Å². The number of ether oxygens (including phenoxy) is 5. The van der Waals surface area contributed by atoms with Gasteiger partial charge in [0.05, 0.1) is 68.3 Å². The highest BCUT2D eigenvalue weighted by atomic mass is 19.1. The van der Waals surface area contributed by atoms with E-state index < -0.39 is 5.97 Å². The summed E-state index contributed by atoms with van der Waals surface area (Å²) in [6.07, 6.45) is 1.97. The van der Waals surface area contributed by atoms with Crippen LogP contribution in [0.5, 0.6) is 5.88 Å². The Labute approximate surface area is 261 Å². The molecular formula is C35H36FN3O6. The summed E-state index contributed by atoms with van der Waals surface area (Å²) in [5.41, 5.74) is 4.76. The van der Waals surface area contributed by atoms with Gasteiger partial charge in [-0.15, -0.1) is 0 Å². The van der Waals surface area contributed by atoms with E-state index >= 15 is 0 Å². The number of aromatic nitrogens is 3. The predicted octanol–water partition coefficient (Wildman–Crippen LogP) is 5.90. The van der Waals surface area contributed by atoms with Crippen molar-refractivity contribution in [3.05, 3.63) is 114 Å². The molecule has 1 saturated heterocycles. The summed E-state index contributed by atoms with van der Waals surface area (Å²) in [6, 6.07) is 25.4. The number of imidazole rings is 1. The Balaban J connectivity index is 0.000000598. The minimum absolute atomic E-state index is 0.0527. The van der Waals surface area contributed by atoms with E-state index in [1.54, 1.807) is 49.8 Å². The Bertz CT molecular complexity index is 1660. The number of methoxy groups -OCH3 is 1. The Kier molecular flexibility index (Phi) is 11.6. The molecule has 1 aliphatic heterocycles. The molecule has 10 heteroatoms. The van der Waals surface area contributed by atoms with E-state index in [2.05, 4.69) is 9.97 Å². The zero-order chi connectivity index (χ0) is 31.3. The van der Waals surface area contributed by atoms with Crippen molar-refractivity contribution in [2.75, 3.05) is 46.8 Å². The van der Waals surface area contributed by atoms with Gasteiger partial charge >= 0.3 is 5.97 Å². The highest BCUT2D eigenvalue weighted by Gasteiger charge is 2.13. The van der Waals surface area contributed by atoms with Crippen LogP contribution in [0.3, 0.4) is 0 Å². The molecule has 0 aliphatic carbocycles. The minimum Gasteiger partial charge on any atom is -0.473 e. The van der Waals surface area contributed by atoms with Gasteiger partial charge in [-0.25, -0.2) is 19.2 Å². The number of esters is 1. The maximum atomic E-state index is 14.9. The molecule has 6 rings (SSSR count). The fourth-order valence-corrected chi connectivity index (χ4v) is 4.63. The van der Waals surface area contributed by atoms with Crippen molar-refractivity contribution in [3.8, 4) is 17.1 Å². The van der Waals surface area contributed by atoms with Crippen LogP contribution in [0.1, 0.15) is 21.5 Å². The van der Waals surface area contributed by atoms with E-state index in [0.717, 1.165) is 43.0 Å². The number of hydrogen-bond donors (Lipinski definition) is 0. The molecule has 234 valence electrons. The number of nitrogens with zero attached hydrogens (tertiary/aromatic N) is 3. The first-order chi connectivity index (χ1) is 22.1. The number of fused-ring (bicyclic) bond motifs is 1. The number of halogens is 1. The molecule has 0 spiro atoms. The molecule has 0 saturated carbocycles. The molecule has 3 heterocycles. The van der Waals surface area contributed by atoms with Crippen molar-refractivity contribution in [1.29, 1.82) is 0 Å². The molecule has 1 fully saturated rings. The van der Waals surface area contributed by atoms with Crippen LogP contribution < -0.4 is 4.74 Å². The number of hydrogen-bond acceptors (Lipinski definition) is 8. The average molecular weight is 614 g/mol. The van der Waals surface area contributed by atoms with Crippen molar-refractivity contribution in [3.63, 3.8) is 0 Å². The number of rotatable bonds is 11. The zero-order valence-electron chi connectivity index (χ0n) is 25.2. The van der Waals surface area contributed by atoms with E-state index in [1.807, 2.05) is 47.0 Å². The molecular weight excluding hydrogens is 577 g/mol.